The summed E-state index contributed by atoms with van der Waals surface area (Å²) < 4.78 is 0. The van der Waals surface area contributed by atoms with E-state index in [9.17, 15) is 24.3 Å². The zero-order valence-electron chi connectivity index (χ0n) is 21.2. The van der Waals surface area contributed by atoms with Crippen LogP contribution in [0.2, 0.25) is 0 Å². The lowest BCUT2D eigenvalue weighted by molar-refractivity contribution is -0.142. The van der Waals surface area contributed by atoms with E-state index in [0.717, 1.165) is 22.0 Å². The lowest BCUT2D eigenvalue weighted by Crippen LogP contribution is -2.57. The average molecular weight is 520 g/mol. The number of amides is 3. The van der Waals surface area contributed by atoms with Gasteiger partial charge in [0.1, 0.15) is 18.1 Å². The van der Waals surface area contributed by atoms with Crippen LogP contribution in [0.4, 0.5) is 0 Å². The molecular formula is C28H33N5O5. The van der Waals surface area contributed by atoms with Gasteiger partial charge in [0, 0.05) is 30.1 Å². The summed E-state index contributed by atoms with van der Waals surface area (Å²) in [4.78, 5) is 55.7. The van der Waals surface area contributed by atoms with E-state index in [0.29, 0.717) is 25.8 Å². The number of likely N-dealkylation sites (tertiary alicyclic amines) is 1. The van der Waals surface area contributed by atoms with Crippen LogP contribution < -0.4 is 16.4 Å². The topological polar surface area (TPSA) is 158 Å². The molecule has 1 aliphatic heterocycles. The van der Waals surface area contributed by atoms with Gasteiger partial charge in [-0.25, -0.2) is 0 Å². The molecule has 3 amide bonds. The number of aliphatic carboxylic acids is 1. The molecule has 0 bridgehead atoms. The van der Waals surface area contributed by atoms with Crippen molar-refractivity contribution >= 4 is 34.6 Å². The summed E-state index contributed by atoms with van der Waals surface area (Å²) in [5.41, 5.74) is 8.83. The summed E-state index contributed by atoms with van der Waals surface area (Å²) in [5.74, 6) is -2.58. The fraction of sp³-hybridized carbons (Fsp3) is 0.357. The first kappa shape index (κ1) is 26.9. The lowest BCUT2D eigenvalue weighted by atomic mass is 10.0. The summed E-state index contributed by atoms with van der Waals surface area (Å²) in [7, 11) is 0. The van der Waals surface area contributed by atoms with E-state index in [4.69, 9.17) is 5.73 Å². The van der Waals surface area contributed by atoms with Crippen LogP contribution >= 0.6 is 0 Å². The van der Waals surface area contributed by atoms with Crippen molar-refractivity contribution in [3.05, 3.63) is 71.9 Å². The number of carboxylic acids is 1. The van der Waals surface area contributed by atoms with Gasteiger partial charge in [-0.3, -0.25) is 19.2 Å². The number of nitrogens with one attached hydrogen (secondary N) is 3. The highest BCUT2D eigenvalue weighted by molar-refractivity contribution is 5.95. The van der Waals surface area contributed by atoms with Crippen LogP contribution in [0.3, 0.4) is 0 Å². The molecule has 0 aliphatic carbocycles. The van der Waals surface area contributed by atoms with Crippen molar-refractivity contribution in [2.45, 2.75) is 56.8 Å². The molecule has 200 valence electrons. The van der Waals surface area contributed by atoms with Crippen molar-refractivity contribution in [2.24, 2.45) is 5.73 Å². The van der Waals surface area contributed by atoms with Gasteiger partial charge < -0.3 is 31.4 Å². The van der Waals surface area contributed by atoms with Gasteiger partial charge in [-0.05, 0) is 43.4 Å². The van der Waals surface area contributed by atoms with Crippen molar-refractivity contribution in [3.63, 3.8) is 0 Å². The number of aromatic nitrogens is 1. The van der Waals surface area contributed by atoms with Gasteiger partial charge in [-0.1, -0.05) is 48.5 Å². The number of H-pyrrole nitrogens is 1. The number of benzene rings is 2. The summed E-state index contributed by atoms with van der Waals surface area (Å²) in [5, 5.41) is 15.4. The van der Waals surface area contributed by atoms with Crippen molar-refractivity contribution in [2.75, 3.05) is 6.54 Å². The van der Waals surface area contributed by atoms with Crippen molar-refractivity contribution in [1.82, 2.24) is 20.5 Å². The Morgan fingerprint density at radius 1 is 1.05 bits per heavy atom. The minimum absolute atomic E-state index is 0.141. The van der Waals surface area contributed by atoms with Gasteiger partial charge in [-0.2, -0.15) is 0 Å². The van der Waals surface area contributed by atoms with Gasteiger partial charge in [0.25, 0.3) is 0 Å². The van der Waals surface area contributed by atoms with Gasteiger partial charge in [0.15, 0.2) is 0 Å². The molecule has 1 aliphatic rings. The Morgan fingerprint density at radius 2 is 1.76 bits per heavy atom. The molecular weight excluding hydrogens is 486 g/mol. The predicted molar refractivity (Wildman–Crippen MR) is 142 cm³/mol. The number of carboxylic acid groups (broad SMARTS) is 1. The first-order chi connectivity index (χ1) is 18.2. The highest BCUT2D eigenvalue weighted by atomic mass is 16.4. The van der Waals surface area contributed by atoms with E-state index in [2.05, 4.69) is 15.6 Å². The van der Waals surface area contributed by atoms with Crippen molar-refractivity contribution < 1.29 is 24.3 Å². The molecule has 2 aromatic carbocycles. The Labute approximate surface area is 220 Å². The van der Waals surface area contributed by atoms with Crippen LogP contribution in [0, 0.1) is 0 Å². The number of nitrogens with zero attached hydrogens (tertiary/aromatic N) is 1. The smallest absolute Gasteiger partial charge is 0.325 e. The monoisotopic (exact) mass is 519 g/mol. The standard InChI is InChI=1S/C28H33N5O5/c1-17(28(37)38)31-25(34)23(15-19-16-30-22-11-6-5-10-20(19)22)32-26(35)24-12-7-13-33(24)27(36)21(29)14-18-8-3-2-4-9-18/h2-6,8-11,16-17,21,23-24,30H,7,12-15,29H2,1H3,(H,31,34)(H,32,35)(H,37,38). The van der Waals surface area contributed by atoms with E-state index in [1.54, 1.807) is 6.20 Å². The minimum Gasteiger partial charge on any atom is -0.480 e. The lowest BCUT2D eigenvalue weighted by Gasteiger charge is -2.28. The van der Waals surface area contributed by atoms with Crippen LogP contribution in [0.1, 0.15) is 30.9 Å². The molecule has 38 heavy (non-hydrogen) atoms. The van der Waals surface area contributed by atoms with E-state index < -0.39 is 42.0 Å². The van der Waals surface area contributed by atoms with Crippen LogP contribution in [0.5, 0.6) is 0 Å². The van der Waals surface area contributed by atoms with Gasteiger partial charge in [-0.15, -0.1) is 0 Å². The fourth-order valence-corrected chi connectivity index (χ4v) is 4.84. The number of hydrogen-bond donors (Lipinski definition) is 5. The van der Waals surface area contributed by atoms with E-state index in [1.165, 1.54) is 11.8 Å². The van der Waals surface area contributed by atoms with Crippen LogP contribution in [0.25, 0.3) is 10.9 Å². The molecule has 4 atom stereocenters. The maximum atomic E-state index is 13.4. The molecule has 0 radical (unpaired) electrons. The number of hydrogen-bond acceptors (Lipinski definition) is 5. The van der Waals surface area contributed by atoms with Crippen LogP contribution in [-0.2, 0) is 32.0 Å². The highest BCUT2D eigenvalue weighted by Crippen LogP contribution is 2.22. The Hall–Kier alpha value is -4.18. The number of para-hydroxylation sites is 1. The number of fused-ring (bicyclic) bond motifs is 1. The third-order valence-electron chi connectivity index (χ3n) is 6.92. The van der Waals surface area contributed by atoms with Crippen LogP contribution in [-0.4, -0.2) is 69.4 Å². The largest absolute Gasteiger partial charge is 0.480 e. The Balaban J connectivity index is 1.49. The van der Waals surface area contributed by atoms with E-state index in [-0.39, 0.29) is 12.3 Å². The van der Waals surface area contributed by atoms with Crippen molar-refractivity contribution in [3.8, 4) is 0 Å². The van der Waals surface area contributed by atoms with E-state index >= 15 is 0 Å². The normalized spacial score (nSPS) is 17.5. The Kier molecular flexibility index (Phi) is 8.42. The maximum absolute atomic E-state index is 13.4. The first-order valence-corrected chi connectivity index (χ1v) is 12.7. The molecule has 1 fully saturated rings. The van der Waals surface area contributed by atoms with Crippen molar-refractivity contribution in [1.29, 1.82) is 0 Å². The molecule has 10 nitrogen and oxygen atoms in total. The summed E-state index contributed by atoms with van der Waals surface area (Å²) in [6.07, 6.45) is 3.34. The molecule has 2 heterocycles. The second-order valence-electron chi connectivity index (χ2n) is 9.68. The molecule has 6 N–H and O–H groups in total. The predicted octanol–water partition coefficient (Wildman–Crippen LogP) is 1.35. The number of rotatable bonds is 10. The zero-order chi connectivity index (χ0) is 27.2. The molecule has 1 saturated heterocycles. The third-order valence-corrected chi connectivity index (χ3v) is 6.92. The van der Waals surface area contributed by atoms with E-state index in [1.807, 2.05) is 54.6 Å². The Bertz CT molecular complexity index is 1310. The Morgan fingerprint density at radius 3 is 2.50 bits per heavy atom. The first-order valence-electron chi connectivity index (χ1n) is 12.7. The quantitative estimate of drug-likeness (QED) is 0.272. The molecule has 1 aromatic heterocycles. The molecule has 4 unspecified atom stereocenters. The molecule has 4 rings (SSSR count). The SMILES string of the molecule is CC(NC(=O)C(Cc1c[nH]c2ccccc12)NC(=O)C1CCCN1C(=O)C(N)Cc1ccccc1)C(=O)O. The summed E-state index contributed by atoms with van der Waals surface area (Å²) >= 11 is 0. The number of carbonyl (C=O) groups excluding carboxylic acids is 3. The van der Waals surface area contributed by atoms with Gasteiger partial charge >= 0.3 is 5.97 Å². The molecule has 0 spiro atoms. The fourth-order valence-electron chi connectivity index (χ4n) is 4.84. The second kappa shape index (κ2) is 11.9. The average Bonchev–Trinajstić information content (AvgIpc) is 3.56. The van der Waals surface area contributed by atoms with Gasteiger partial charge in [0.2, 0.25) is 17.7 Å². The number of nitrogens with two attached hydrogens (primary N) is 1. The minimum atomic E-state index is -1.18. The molecule has 3 aromatic rings. The summed E-state index contributed by atoms with van der Waals surface area (Å²) in [6.45, 7) is 1.76. The second-order valence-corrected chi connectivity index (χ2v) is 9.68. The third kappa shape index (κ3) is 6.20. The zero-order valence-corrected chi connectivity index (χ0v) is 21.2. The molecule has 0 saturated carbocycles. The maximum Gasteiger partial charge on any atom is 0.325 e. The highest BCUT2D eigenvalue weighted by Gasteiger charge is 2.38. The number of aromatic amines is 1. The van der Waals surface area contributed by atoms with Gasteiger partial charge in [0.05, 0.1) is 6.04 Å². The van der Waals surface area contributed by atoms with Crippen LogP contribution in [0.15, 0.2) is 60.8 Å². The number of carbonyl (C=O) groups is 4. The molecule has 10 heteroatoms. The summed E-state index contributed by atoms with van der Waals surface area (Å²) in [6, 6.07) is 13.3.